The molecule has 2 aromatic heterocycles. The highest BCUT2D eigenvalue weighted by Crippen LogP contribution is 2.35. The lowest BCUT2D eigenvalue weighted by molar-refractivity contribution is -0.109. The van der Waals surface area contributed by atoms with E-state index in [1.165, 1.54) is 49.9 Å². The Morgan fingerprint density at radius 1 is 1.07 bits per heavy atom. The molecular formula is C30H43FN6O3. The van der Waals surface area contributed by atoms with Gasteiger partial charge in [0.05, 0.1) is 11.7 Å². The van der Waals surface area contributed by atoms with Crippen LogP contribution in [0.4, 0.5) is 10.3 Å². The number of hydrogen-bond donors (Lipinski definition) is 2. The first kappa shape index (κ1) is 31.0. The van der Waals surface area contributed by atoms with Gasteiger partial charge in [-0.3, -0.25) is 19.8 Å². The van der Waals surface area contributed by atoms with Crippen LogP contribution in [0.1, 0.15) is 81.6 Å². The number of imidazole rings is 1. The molecule has 0 atom stereocenters. The Bertz CT molecular complexity index is 1190. The topological polar surface area (TPSA) is 101 Å². The van der Waals surface area contributed by atoms with E-state index in [2.05, 4.69) is 25.1 Å². The van der Waals surface area contributed by atoms with Crippen molar-refractivity contribution in [2.24, 2.45) is 0 Å². The van der Waals surface area contributed by atoms with Crippen LogP contribution in [0.2, 0.25) is 0 Å². The average Bonchev–Trinajstić information content (AvgIpc) is 3.36. The molecule has 3 heterocycles. The van der Waals surface area contributed by atoms with E-state index in [9.17, 15) is 9.18 Å². The van der Waals surface area contributed by atoms with E-state index < -0.39 is 0 Å². The first-order valence-corrected chi connectivity index (χ1v) is 14.5. The number of amides is 2. The minimum absolute atomic E-state index is 0.255. The molecule has 0 bridgehead atoms. The average molecular weight is 555 g/mol. The molecule has 2 aliphatic rings. The van der Waals surface area contributed by atoms with E-state index >= 15 is 0 Å². The Kier molecular flexibility index (Phi) is 12.8. The van der Waals surface area contributed by atoms with E-state index in [1.54, 1.807) is 13.2 Å². The molecule has 1 saturated heterocycles. The molecule has 40 heavy (non-hydrogen) atoms. The molecule has 2 fully saturated rings. The quantitative estimate of drug-likeness (QED) is 0.353. The molecule has 0 unspecified atom stereocenters. The van der Waals surface area contributed by atoms with Gasteiger partial charge in [0.1, 0.15) is 17.9 Å². The molecule has 10 heteroatoms. The summed E-state index contributed by atoms with van der Waals surface area (Å²) in [5.74, 6) is 0.407. The van der Waals surface area contributed by atoms with Gasteiger partial charge in [-0.1, -0.05) is 39.5 Å². The lowest BCUT2D eigenvalue weighted by Gasteiger charge is -2.26. The zero-order chi connectivity index (χ0) is 28.7. The molecule has 2 amide bonds. The van der Waals surface area contributed by atoms with Crippen LogP contribution < -0.4 is 15.4 Å². The first-order valence-electron chi connectivity index (χ1n) is 14.5. The van der Waals surface area contributed by atoms with Gasteiger partial charge >= 0.3 is 0 Å². The van der Waals surface area contributed by atoms with Gasteiger partial charge in [0.25, 0.3) is 5.91 Å². The van der Waals surface area contributed by atoms with E-state index in [0.717, 1.165) is 56.4 Å². The highest BCUT2D eigenvalue weighted by Gasteiger charge is 2.24. The van der Waals surface area contributed by atoms with Crippen LogP contribution in [0.25, 0.3) is 11.0 Å². The van der Waals surface area contributed by atoms with Crippen molar-refractivity contribution in [1.82, 2.24) is 24.8 Å². The standard InChI is InChI=1S/C26H32FN5O2.C2H5NO.C2H6/c27-20-11-9-19(10-12-20)25(33)30-26-29-22-18-28-24(34-16-15-31-13-5-2-6-14-31)17-23(22)32(26)21-7-3-1-4-8-21;1-3-2-4;1-2/h9-12,17-18,21H,1-8,13-16H2,(H,29,30,33);2H,1H3,(H,3,4);1-2H3. The maximum atomic E-state index is 13.3. The van der Waals surface area contributed by atoms with Gasteiger partial charge in [0.15, 0.2) is 0 Å². The molecule has 2 N–H and O–H groups in total. The molecule has 218 valence electrons. The number of anilines is 1. The van der Waals surface area contributed by atoms with Crippen LogP contribution >= 0.6 is 0 Å². The normalized spacial score (nSPS) is 15.7. The molecule has 1 aliphatic heterocycles. The summed E-state index contributed by atoms with van der Waals surface area (Å²) in [6, 6.07) is 7.74. The highest BCUT2D eigenvalue weighted by molar-refractivity contribution is 6.04. The number of ether oxygens (including phenoxy) is 1. The summed E-state index contributed by atoms with van der Waals surface area (Å²) in [5, 5.41) is 5.20. The predicted molar refractivity (Wildman–Crippen MR) is 156 cm³/mol. The third-order valence-electron chi connectivity index (χ3n) is 7.05. The van der Waals surface area contributed by atoms with E-state index in [0.29, 0.717) is 30.4 Å². The van der Waals surface area contributed by atoms with Crippen LogP contribution in [-0.4, -0.2) is 65.0 Å². The Morgan fingerprint density at radius 3 is 2.38 bits per heavy atom. The fourth-order valence-corrected chi connectivity index (χ4v) is 5.09. The van der Waals surface area contributed by atoms with Crippen molar-refractivity contribution < 1.29 is 18.7 Å². The van der Waals surface area contributed by atoms with Crippen molar-refractivity contribution in [3.63, 3.8) is 0 Å². The predicted octanol–water partition coefficient (Wildman–Crippen LogP) is 5.58. The van der Waals surface area contributed by atoms with Crippen molar-refractivity contribution in [2.75, 3.05) is 38.6 Å². The number of likely N-dealkylation sites (tertiary alicyclic amines) is 1. The number of halogens is 1. The maximum absolute atomic E-state index is 13.3. The lowest BCUT2D eigenvalue weighted by Crippen LogP contribution is -2.33. The summed E-state index contributed by atoms with van der Waals surface area (Å²) in [5.41, 5.74) is 2.04. The van der Waals surface area contributed by atoms with Crippen molar-refractivity contribution in [2.45, 2.75) is 71.3 Å². The van der Waals surface area contributed by atoms with Crippen LogP contribution in [0.3, 0.4) is 0 Å². The Labute approximate surface area is 236 Å². The number of benzene rings is 1. The maximum Gasteiger partial charge on any atom is 0.257 e. The molecule has 9 nitrogen and oxygen atoms in total. The number of carbonyl (C=O) groups excluding carboxylic acids is 2. The molecule has 1 aromatic carbocycles. The largest absolute Gasteiger partial charge is 0.476 e. The number of fused-ring (bicyclic) bond motifs is 1. The van der Waals surface area contributed by atoms with Crippen LogP contribution in [0, 0.1) is 5.82 Å². The van der Waals surface area contributed by atoms with Gasteiger partial charge in [0.2, 0.25) is 18.2 Å². The summed E-state index contributed by atoms with van der Waals surface area (Å²) < 4.78 is 21.4. The monoisotopic (exact) mass is 554 g/mol. The fraction of sp³-hybridized carbons (Fsp3) is 0.533. The smallest absolute Gasteiger partial charge is 0.257 e. The van der Waals surface area contributed by atoms with Crippen LogP contribution in [0.15, 0.2) is 36.5 Å². The first-order chi connectivity index (χ1) is 19.6. The second-order valence-corrected chi connectivity index (χ2v) is 9.73. The SMILES string of the molecule is CC.CNC=O.O=C(Nc1nc2cnc(OCCN3CCCCC3)cc2n1C1CCCCC1)c1ccc(F)cc1. The molecule has 1 saturated carbocycles. The molecule has 0 spiro atoms. The third-order valence-corrected chi connectivity index (χ3v) is 7.05. The second-order valence-electron chi connectivity index (χ2n) is 9.73. The minimum atomic E-state index is -0.370. The number of piperidine rings is 1. The number of hydrogen-bond acceptors (Lipinski definition) is 6. The summed E-state index contributed by atoms with van der Waals surface area (Å²) in [4.78, 5) is 33.5. The summed E-state index contributed by atoms with van der Waals surface area (Å²) >= 11 is 0. The van der Waals surface area contributed by atoms with Crippen molar-refractivity contribution in [3.8, 4) is 5.88 Å². The lowest BCUT2D eigenvalue weighted by atomic mass is 9.95. The Balaban J connectivity index is 0.000000677. The summed E-state index contributed by atoms with van der Waals surface area (Å²) in [6.07, 6.45) is 11.8. The van der Waals surface area contributed by atoms with Gasteiger partial charge in [-0.05, 0) is 63.0 Å². The third kappa shape index (κ3) is 8.74. The van der Waals surface area contributed by atoms with E-state index in [4.69, 9.17) is 14.5 Å². The number of nitrogens with zero attached hydrogens (tertiary/aromatic N) is 4. The molecular weight excluding hydrogens is 511 g/mol. The fourth-order valence-electron chi connectivity index (χ4n) is 5.09. The van der Waals surface area contributed by atoms with Gasteiger partial charge < -0.3 is 14.6 Å². The molecule has 1 aliphatic carbocycles. The Morgan fingerprint density at radius 2 is 1.73 bits per heavy atom. The van der Waals surface area contributed by atoms with Crippen LogP contribution in [0.5, 0.6) is 5.88 Å². The number of nitrogens with one attached hydrogen (secondary N) is 2. The molecule has 5 rings (SSSR count). The number of aromatic nitrogens is 3. The minimum Gasteiger partial charge on any atom is -0.476 e. The van der Waals surface area contributed by atoms with E-state index in [1.807, 2.05) is 19.9 Å². The van der Waals surface area contributed by atoms with Gasteiger partial charge in [0, 0.05) is 31.3 Å². The zero-order valence-electron chi connectivity index (χ0n) is 24.0. The van der Waals surface area contributed by atoms with Gasteiger partial charge in [-0.25, -0.2) is 14.4 Å². The van der Waals surface area contributed by atoms with Gasteiger partial charge in [-0.15, -0.1) is 0 Å². The number of pyridine rings is 1. The van der Waals surface area contributed by atoms with Crippen LogP contribution in [-0.2, 0) is 4.79 Å². The van der Waals surface area contributed by atoms with Crippen molar-refractivity contribution in [1.29, 1.82) is 0 Å². The number of carbonyl (C=O) groups is 2. The zero-order valence-corrected chi connectivity index (χ0v) is 24.0. The Hall–Kier alpha value is -3.53. The highest BCUT2D eigenvalue weighted by atomic mass is 19.1. The molecule has 3 aromatic rings. The van der Waals surface area contributed by atoms with E-state index in [-0.39, 0.29) is 17.8 Å². The number of rotatable bonds is 8. The van der Waals surface area contributed by atoms with Crippen molar-refractivity contribution in [3.05, 3.63) is 47.9 Å². The molecule has 0 radical (unpaired) electrons. The van der Waals surface area contributed by atoms with Crippen molar-refractivity contribution >= 4 is 29.3 Å². The summed E-state index contributed by atoms with van der Waals surface area (Å²) in [7, 11) is 1.56. The summed E-state index contributed by atoms with van der Waals surface area (Å²) in [6.45, 7) is 7.79. The second kappa shape index (κ2) is 16.5. The van der Waals surface area contributed by atoms with Gasteiger partial charge in [-0.2, -0.15) is 0 Å².